The van der Waals surface area contributed by atoms with Gasteiger partial charge in [0, 0.05) is 31.6 Å². The Labute approximate surface area is 171 Å². The van der Waals surface area contributed by atoms with E-state index in [4.69, 9.17) is 4.74 Å². The van der Waals surface area contributed by atoms with Crippen LogP contribution in [0.2, 0.25) is 0 Å². The number of para-hydroxylation sites is 1. The highest BCUT2D eigenvalue weighted by molar-refractivity contribution is 5.77. The zero-order valence-corrected chi connectivity index (χ0v) is 17.0. The number of aliphatic hydroxyl groups excluding tert-OH is 1. The van der Waals surface area contributed by atoms with E-state index in [0.29, 0.717) is 25.4 Å². The highest BCUT2D eigenvalue weighted by atomic mass is 16.9. The van der Waals surface area contributed by atoms with Gasteiger partial charge in [0.2, 0.25) is 5.91 Å². The summed E-state index contributed by atoms with van der Waals surface area (Å²) in [5.74, 6) is 0.379. The van der Waals surface area contributed by atoms with Gasteiger partial charge in [-0.25, -0.2) is 0 Å². The molecular weight excluding hydrogens is 378 g/mol. The second-order valence-corrected chi connectivity index (χ2v) is 7.67. The number of ether oxygens (including phenoxy) is 1. The Bertz CT molecular complexity index is 642. The van der Waals surface area contributed by atoms with Gasteiger partial charge < -0.3 is 24.9 Å². The number of carbonyl (C=O) groups is 1. The molecule has 0 aromatic heterocycles. The van der Waals surface area contributed by atoms with Crippen LogP contribution in [0.1, 0.15) is 33.1 Å². The summed E-state index contributed by atoms with van der Waals surface area (Å²) in [4.78, 5) is 29.4. The van der Waals surface area contributed by atoms with E-state index in [1.807, 2.05) is 32.0 Å². The molecule has 1 aliphatic rings. The number of amides is 1. The Hall–Kier alpha value is -2.39. The zero-order valence-electron chi connectivity index (χ0n) is 17.0. The largest absolute Gasteiger partial charge is 0.487 e. The van der Waals surface area contributed by atoms with Crippen LogP contribution in [-0.4, -0.2) is 65.5 Å². The van der Waals surface area contributed by atoms with Gasteiger partial charge in [0.05, 0.1) is 6.42 Å². The molecule has 9 heteroatoms. The number of carbonyl (C=O) groups excluding carboxylic acids is 1. The predicted octanol–water partition coefficient (Wildman–Crippen LogP) is 1.63. The average Bonchev–Trinajstić information content (AvgIpc) is 2.71. The van der Waals surface area contributed by atoms with Crippen LogP contribution in [0.4, 0.5) is 0 Å². The Morgan fingerprint density at radius 1 is 1.38 bits per heavy atom. The molecule has 1 aromatic carbocycles. The summed E-state index contributed by atoms with van der Waals surface area (Å²) in [6.45, 7) is 5.25. The van der Waals surface area contributed by atoms with Gasteiger partial charge >= 0.3 is 0 Å². The molecule has 0 aliphatic carbocycles. The molecule has 1 heterocycles. The van der Waals surface area contributed by atoms with Crippen LogP contribution in [-0.2, 0) is 9.63 Å². The van der Waals surface area contributed by atoms with E-state index in [1.165, 1.54) is 0 Å². The van der Waals surface area contributed by atoms with Crippen molar-refractivity contribution in [1.29, 1.82) is 0 Å². The van der Waals surface area contributed by atoms with Gasteiger partial charge in [-0.15, -0.1) is 10.1 Å². The van der Waals surface area contributed by atoms with Gasteiger partial charge in [0.25, 0.3) is 5.09 Å². The summed E-state index contributed by atoms with van der Waals surface area (Å²) in [5.41, 5.74) is 0. The third kappa shape index (κ3) is 8.25. The molecule has 2 N–H and O–H groups in total. The van der Waals surface area contributed by atoms with Gasteiger partial charge in [-0.1, -0.05) is 32.0 Å². The lowest BCUT2D eigenvalue weighted by Crippen LogP contribution is -2.47. The number of rotatable bonds is 11. The van der Waals surface area contributed by atoms with Crippen molar-refractivity contribution >= 4 is 5.91 Å². The molecule has 29 heavy (non-hydrogen) atoms. The van der Waals surface area contributed by atoms with E-state index in [1.54, 1.807) is 17.0 Å². The van der Waals surface area contributed by atoms with E-state index < -0.39 is 17.3 Å². The lowest BCUT2D eigenvalue weighted by molar-refractivity contribution is -0.759. The van der Waals surface area contributed by atoms with Crippen molar-refractivity contribution in [1.82, 2.24) is 10.2 Å². The predicted molar refractivity (Wildman–Crippen MR) is 107 cm³/mol. The van der Waals surface area contributed by atoms with Crippen LogP contribution < -0.4 is 10.1 Å². The molecule has 0 radical (unpaired) electrons. The first kappa shape index (κ1) is 22.9. The number of likely N-dealkylation sites (tertiary alicyclic amines) is 1. The third-order valence-electron chi connectivity index (χ3n) is 4.86. The number of hydrogen-bond donors (Lipinski definition) is 2. The van der Waals surface area contributed by atoms with Crippen molar-refractivity contribution in [3.8, 4) is 5.75 Å². The van der Waals surface area contributed by atoms with E-state index in [0.717, 1.165) is 12.8 Å². The fourth-order valence-corrected chi connectivity index (χ4v) is 3.31. The molecule has 9 nitrogen and oxygen atoms in total. The van der Waals surface area contributed by atoms with Crippen LogP contribution in [0.5, 0.6) is 5.75 Å². The summed E-state index contributed by atoms with van der Waals surface area (Å²) in [6, 6.07) is 9.29. The minimum absolute atomic E-state index is 0.0122. The number of benzene rings is 1. The molecule has 1 aromatic rings. The summed E-state index contributed by atoms with van der Waals surface area (Å²) in [5, 5.41) is 23.4. The maximum Gasteiger partial charge on any atom is 0.294 e. The number of nitrogens with one attached hydrogen (secondary N) is 1. The molecule has 0 bridgehead atoms. The normalized spacial score (nSPS) is 18.9. The molecule has 1 aliphatic heterocycles. The fourth-order valence-electron chi connectivity index (χ4n) is 3.31. The van der Waals surface area contributed by atoms with E-state index in [2.05, 4.69) is 10.2 Å². The SMILES string of the molecule is CC(C)NCC(O)C(CC(=O)N1CCCC(CO[N+](=O)[O-])C1)Oc1ccccc1. The second kappa shape index (κ2) is 11.6. The van der Waals surface area contributed by atoms with E-state index in [-0.39, 0.29) is 30.9 Å². The average molecular weight is 409 g/mol. The summed E-state index contributed by atoms with van der Waals surface area (Å²) < 4.78 is 5.92. The van der Waals surface area contributed by atoms with Crippen LogP contribution in [0.15, 0.2) is 30.3 Å². The highest BCUT2D eigenvalue weighted by Gasteiger charge is 2.30. The van der Waals surface area contributed by atoms with Gasteiger partial charge in [-0.3, -0.25) is 4.79 Å². The molecular formula is C20H31N3O6. The lowest BCUT2D eigenvalue weighted by Gasteiger charge is -2.34. The number of piperidine rings is 1. The first-order valence-electron chi connectivity index (χ1n) is 10.0. The van der Waals surface area contributed by atoms with Crippen LogP contribution >= 0.6 is 0 Å². The maximum absolute atomic E-state index is 12.9. The molecule has 1 amide bonds. The van der Waals surface area contributed by atoms with Crippen LogP contribution in [0.3, 0.4) is 0 Å². The van der Waals surface area contributed by atoms with Crippen molar-refractivity contribution in [2.24, 2.45) is 5.92 Å². The molecule has 0 spiro atoms. The van der Waals surface area contributed by atoms with Crippen molar-refractivity contribution < 1.29 is 24.6 Å². The minimum Gasteiger partial charge on any atom is -0.487 e. The Morgan fingerprint density at radius 3 is 2.76 bits per heavy atom. The van der Waals surface area contributed by atoms with Gasteiger partial charge in [0.1, 0.15) is 24.6 Å². The Balaban J connectivity index is 1.98. The Kier molecular flexibility index (Phi) is 9.14. The summed E-state index contributed by atoms with van der Waals surface area (Å²) in [7, 11) is 0. The molecule has 1 fully saturated rings. The zero-order chi connectivity index (χ0) is 21.2. The number of aliphatic hydroxyl groups is 1. The quantitative estimate of drug-likeness (QED) is 0.422. The fraction of sp³-hybridized carbons (Fsp3) is 0.650. The Morgan fingerprint density at radius 2 is 2.10 bits per heavy atom. The topological polar surface area (TPSA) is 114 Å². The van der Waals surface area contributed by atoms with Gasteiger partial charge in [0.15, 0.2) is 0 Å². The third-order valence-corrected chi connectivity index (χ3v) is 4.86. The van der Waals surface area contributed by atoms with E-state index in [9.17, 15) is 20.0 Å². The van der Waals surface area contributed by atoms with Crippen molar-refractivity contribution in [2.75, 3.05) is 26.2 Å². The molecule has 2 rings (SSSR count). The van der Waals surface area contributed by atoms with Crippen molar-refractivity contribution in [3.63, 3.8) is 0 Å². The maximum atomic E-state index is 12.9. The minimum atomic E-state index is -0.861. The number of nitrogens with zero attached hydrogens (tertiary/aromatic N) is 2. The molecule has 162 valence electrons. The molecule has 1 saturated heterocycles. The molecule has 3 atom stereocenters. The monoisotopic (exact) mass is 409 g/mol. The summed E-state index contributed by atoms with van der Waals surface area (Å²) >= 11 is 0. The standard InChI is InChI=1S/C20H31N3O6/c1-15(2)21-12-18(24)19(29-17-8-4-3-5-9-17)11-20(25)22-10-6-7-16(13-22)14-28-23(26)27/h3-5,8-9,15-16,18-19,21,24H,6-7,10-14H2,1-2H3. The highest BCUT2D eigenvalue weighted by Crippen LogP contribution is 2.20. The van der Waals surface area contributed by atoms with Crippen LogP contribution in [0, 0.1) is 16.0 Å². The molecule has 3 unspecified atom stereocenters. The van der Waals surface area contributed by atoms with Gasteiger partial charge in [-0.05, 0) is 25.0 Å². The smallest absolute Gasteiger partial charge is 0.294 e. The van der Waals surface area contributed by atoms with Crippen molar-refractivity contribution in [2.45, 2.75) is 51.4 Å². The van der Waals surface area contributed by atoms with Gasteiger partial charge in [-0.2, -0.15) is 0 Å². The second-order valence-electron chi connectivity index (χ2n) is 7.67. The first-order valence-corrected chi connectivity index (χ1v) is 10.0. The first-order chi connectivity index (χ1) is 13.8. The number of hydrogen-bond acceptors (Lipinski definition) is 7. The summed E-state index contributed by atoms with van der Waals surface area (Å²) in [6.07, 6.45) is 0.00632. The van der Waals surface area contributed by atoms with Crippen molar-refractivity contribution in [3.05, 3.63) is 40.4 Å². The molecule has 0 saturated carbocycles. The lowest BCUT2D eigenvalue weighted by atomic mass is 9.98. The van der Waals surface area contributed by atoms with Crippen LogP contribution in [0.25, 0.3) is 0 Å². The van der Waals surface area contributed by atoms with E-state index >= 15 is 0 Å².